The van der Waals surface area contributed by atoms with Crippen LogP contribution in [-0.2, 0) is 14.3 Å². The van der Waals surface area contributed by atoms with E-state index < -0.39 is 12.1 Å². The van der Waals surface area contributed by atoms with Gasteiger partial charge in [0.15, 0.2) is 0 Å². The van der Waals surface area contributed by atoms with E-state index >= 15 is 0 Å². The number of aliphatic hydroxyl groups excluding tert-OH is 2. The first-order chi connectivity index (χ1) is 12.7. The van der Waals surface area contributed by atoms with Crippen LogP contribution in [-0.4, -0.2) is 47.7 Å². The zero-order valence-electron chi connectivity index (χ0n) is 17.3. The van der Waals surface area contributed by atoms with Crippen LogP contribution in [0, 0.1) is 17.3 Å². The molecule has 2 aliphatic rings. The highest BCUT2D eigenvalue weighted by Crippen LogP contribution is 2.48. The first kappa shape index (κ1) is 22.4. The van der Waals surface area contributed by atoms with Crippen LogP contribution in [0.2, 0.25) is 0 Å². The summed E-state index contributed by atoms with van der Waals surface area (Å²) in [7, 11) is 0. The van der Waals surface area contributed by atoms with Gasteiger partial charge in [-0.1, -0.05) is 20.4 Å². The van der Waals surface area contributed by atoms with Crippen LogP contribution in [0.4, 0.5) is 0 Å². The molecule has 0 saturated heterocycles. The average molecular weight is 383 g/mol. The smallest absolute Gasteiger partial charge is 0.333 e. The van der Waals surface area contributed by atoms with Gasteiger partial charge in [-0.15, -0.1) is 0 Å². The molecule has 0 aliphatic heterocycles. The summed E-state index contributed by atoms with van der Waals surface area (Å²) in [6.45, 7) is 10.1. The summed E-state index contributed by atoms with van der Waals surface area (Å²) in [5, 5.41) is 19.7. The van der Waals surface area contributed by atoms with E-state index in [1.807, 2.05) is 0 Å². The molecule has 2 N–H and O–H groups in total. The van der Waals surface area contributed by atoms with Crippen molar-refractivity contribution in [3.05, 3.63) is 12.2 Å². The number of carbonyl (C=O) groups excluding carboxylic acids is 1. The molecule has 0 aromatic carbocycles. The van der Waals surface area contributed by atoms with Crippen molar-refractivity contribution in [1.29, 1.82) is 0 Å². The van der Waals surface area contributed by atoms with Crippen molar-refractivity contribution in [2.75, 3.05) is 13.2 Å². The molecular formula is C22H38O5. The second kappa shape index (κ2) is 10.0. The molecule has 2 saturated carbocycles. The van der Waals surface area contributed by atoms with Gasteiger partial charge in [0.2, 0.25) is 0 Å². The molecule has 5 nitrogen and oxygen atoms in total. The van der Waals surface area contributed by atoms with Gasteiger partial charge >= 0.3 is 5.97 Å². The van der Waals surface area contributed by atoms with Crippen molar-refractivity contribution >= 4 is 5.97 Å². The Morgan fingerprint density at radius 3 is 2.07 bits per heavy atom. The second-order valence-electron chi connectivity index (χ2n) is 9.17. The Hall–Kier alpha value is -0.910. The molecule has 2 rings (SSSR count). The molecule has 0 radical (unpaired) electrons. The second-order valence-corrected chi connectivity index (χ2v) is 9.17. The Morgan fingerprint density at radius 2 is 1.56 bits per heavy atom. The lowest BCUT2D eigenvalue weighted by atomic mass is 9.60. The predicted octanol–water partition coefficient (Wildman–Crippen LogP) is 3.62. The summed E-state index contributed by atoms with van der Waals surface area (Å²) in [5.74, 6) is 0.916. The molecule has 0 amide bonds. The third-order valence-corrected chi connectivity index (χ3v) is 6.75. The Balaban J connectivity index is 1.68. The van der Waals surface area contributed by atoms with E-state index in [9.17, 15) is 15.0 Å². The fourth-order valence-corrected chi connectivity index (χ4v) is 4.72. The summed E-state index contributed by atoms with van der Waals surface area (Å²) >= 11 is 0. The molecule has 156 valence electrons. The van der Waals surface area contributed by atoms with Crippen molar-refractivity contribution in [3.63, 3.8) is 0 Å². The molecule has 27 heavy (non-hydrogen) atoms. The third-order valence-electron chi connectivity index (χ3n) is 6.75. The first-order valence-electron chi connectivity index (χ1n) is 10.5. The SMILES string of the molecule is C=C(C)C(=O)OCC(O)COC1CCC(C(C)(C)C2CCC(O)CC2)CC1. The molecule has 5 heteroatoms. The van der Waals surface area contributed by atoms with Crippen molar-refractivity contribution in [2.45, 2.75) is 90.4 Å². The highest BCUT2D eigenvalue weighted by atomic mass is 16.5. The average Bonchev–Trinajstić information content (AvgIpc) is 2.65. The maximum Gasteiger partial charge on any atom is 0.333 e. The summed E-state index contributed by atoms with van der Waals surface area (Å²) in [4.78, 5) is 11.3. The van der Waals surface area contributed by atoms with Crippen LogP contribution < -0.4 is 0 Å². The van der Waals surface area contributed by atoms with Gasteiger partial charge in [-0.3, -0.25) is 0 Å². The van der Waals surface area contributed by atoms with E-state index in [2.05, 4.69) is 20.4 Å². The predicted molar refractivity (Wildman–Crippen MR) is 105 cm³/mol. The lowest BCUT2D eigenvalue weighted by molar-refractivity contribution is -0.143. The van der Waals surface area contributed by atoms with Gasteiger partial charge in [0.25, 0.3) is 0 Å². The van der Waals surface area contributed by atoms with Crippen LogP contribution in [0.15, 0.2) is 12.2 Å². The highest BCUT2D eigenvalue weighted by molar-refractivity contribution is 5.86. The van der Waals surface area contributed by atoms with Gasteiger partial charge in [0.1, 0.15) is 12.7 Å². The summed E-state index contributed by atoms with van der Waals surface area (Å²) < 4.78 is 10.8. The lowest BCUT2D eigenvalue weighted by Gasteiger charge is -2.46. The molecule has 2 fully saturated rings. The van der Waals surface area contributed by atoms with Crippen LogP contribution in [0.5, 0.6) is 0 Å². The molecule has 0 bridgehead atoms. The molecule has 0 aromatic heterocycles. The van der Waals surface area contributed by atoms with E-state index in [1.165, 1.54) is 0 Å². The molecule has 1 atom stereocenters. The van der Waals surface area contributed by atoms with Gasteiger partial charge in [0.05, 0.1) is 18.8 Å². The van der Waals surface area contributed by atoms with E-state index in [0.717, 1.165) is 51.4 Å². The number of aliphatic hydroxyl groups is 2. The van der Waals surface area contributed by atoms with Crippen molar-refractivity contribution in [3.8, 4) is 0 Å². The van der Waals surface area contributed by atoms with Crippen LogP contribution in [0.3, 0.4) is 0 Å². The fraction of sp³-hybridized carbons (Fsp3) is 0.864. The third kappa shape index (κ3) is 6.58. The Morgan fingerprint density at radius 1 is 1.04 bits per heavy atom. The Kier molecular flexibility index (Phi) is 8.32. The van der Waals surface area contributed by atoms with Gasteiger partial charge in [-0.05, 0) is 75.5 Å². The van der Waals surface area contributed by atoms with Crippen LogP contribution in [0.25, 0.3) is 0 Å². The van der Waals surface area contributed by atoms with Crippen molar-refractivity contribution in [2.24, 2.45) is 17.3 Å². The van der Waals surface area contributed by atoms with E-state index in [1.54, 1.807) is 6.92 Å². The maximum atomic E-state index is 11.3. The van der Waals surface area contributed by atoms with Gasteiger partial charge in [-0.25, -0.2) is 4.79 Å². The largest absolute Gasteiger partial charge is 0.460 e. The molecular weight excluding hydrogens is 344 g/mol. The summed E-state index contributed by atoms with van der Waals surface area (Å²) in [6, 6.07) is 0. The lowest BCUT2D eigenvalue weighted by Crippen LogP contribution is -2.39. The molecule has 1 unspecified atom stereocenters. The summed E-state index contributed by atoms with van der Waals surface area (Å²) in [5.41, 5.74) is 0.637. The minimum absolute atomic E-state index is 0.0540. The van der Waals surface area contributed by atoms with E-state index in [-0.39, 0.29) is 25.4 Å². The van der Waals surface area contributed by atoms with Crippen LogP contribution >= 0.6 is 0 Å². The highest BCUT2D eigenvalue weighted by Gasteiger charge is 2.40. The van der Waals surface area contributed by atoms with Gasteiger partial charge in [-0.2, -0.15) is 0 Å². The molecule has 0 spiro atoms. The number of hydrogen-bond donors (Lipinski definition) is 2. The zero-order chi connectivity index (χ0) is 20.0. The monoisotopic (exact) mass is 382 g/mol. The standard InChI is InChI=1S/C22H38O5/c1-15(2)21(25)27-14-19(24)13-26-20-11-7-17(8-12-20)22(3,4)16-5-9-18(23)10-6-16/h16-20,23-24H,1,5-14H2,2-4H3. The number of rotatable bonds is 8. The number of carbonyl (C=O) groups is 1. The van der Waals surface area contributed by atoms with Crippen molar-refractivity contribution < 1.29 is 24.5 Å². The summed E-state index contributed by atoms with van der Waals surface area (Å²) in [6.07, 6.45) is 7.79. The van der Waals surface area contributed by atoms with Crippen molar-refractivity contribution in [1.82, 2.24) is 0 Å². The minimum atomic E-state index is -0.795. The number of hydrogen-bond acceptors (Lipinski definition) is 5. The Labute approximate surface area is 164 Å². The fourth-order valence-electron chi connectivity index (χ4n) is 4.72. The van der Waals surface area contributed by atoms with E-state index in [0.29, 0.717) is 22.8 Å². The topological polar surface area (TPSA) is 76.0 Å². The van der Waals surface area contributed by atoms with Gasteiger partial charge < -0.3 is 19.7 Å². The minimum Gasteiger partial charge on any atom is -0.460 e. The molecule has 0 heterocycles. The van der Waals surface area contributed by atoms with Crippen LogP contribution in [0.1, 0.15) is 72.1 Å². The molecule has 0 aromatic rings. The van der Waals surface area contributed by atoms with Gasteiger partial charge in [0, 0.05) is 5.57 Å². The quantitative estimate of drug-likeness (QED) is 0.495. The number of ether oxygens (including phenoxy) is 2. The first-order valence-corrected chi connectivity index (χ1v) is 10.5. The Bertz CT molecular complexity index is 485. The normalized spacial score (nSPS) is 30.6. The number of esters is 1. The maximum absolute atomic E-state index is 11.3. The van der Waals surface area contributed by atoms with E-state index in [4.69, 9.17) is 9.47 Å². The zero-order valence-corrected chi connectivity index (χ0v) is 17.3. The molecule has 2 aliphatic carbocycles.